The van der Waals surface area contributed by atoms with Crippen molar-refractivity contribution in [1.82, 2.24) is 15.2 Å². The number of nitrogens with one attached hydrogen (secondary N) is 1. The first-order valence-electron chi connectivity index (χ1n) is 8.78. The van der Waals surface area contributed by atoms with E-state index >= 15 is 0 Å². The third kappa shape index (κ3) is 3.24. The zero-order chi connectivity index (χ0) is 19.8. The summed E-state index contributed by atoms with van der Waals surface area (Å²) in [5.41, 5.74) is 3.59. The number of hydrogen-bond donors (Lipinski definition) is 1. The van der Waals surface area contributed by atoms with Gasteiger partial charge in [0.05, 0.1) is 11.3 Å². The van der Waals surface area contributed by atoms with Crippen LogP contribution in [0.3, 0.4) is 0 Å². The Morgan fingerprint density at radius 3 is 2.71 bits per heavy atom. The summed E-state index contributed by atoms with van der Waals surface area (Å²) in [7, 11) is 0. The minimum atomic E-state index is -0.624. The molecule has 28 heavy (non-hydrogen) atoms. The second-order valence-corrected chi connectivity index (χ2v) is 7.02. The van der Waals surface area contributed by atoms with E-state index in [0.29, 0.717) is 10.9 Å². The van der Waals surface area contributed by atoms with Crippen LogP contribution in [0.5, 0.6) is 0 Å². The molecule has 2 aromatic rings. The molecule has 0 saturated heterocycles. The fourth-order valence-electron chi connectivity index (χ4n) is 3.36. The average molecular weight is 402 g/mol. The van der Waals surface area contributed by atoms with Gasteiger partial charge < -0.3 is 15.0 Å². The van der Waals surface area contributed by atoms with E-state index in [2.05, 4.69) is 10.3 Å². The Balaban J connectivity index is 1.56. The fraction of sp³-hybridized carbons (Fsp3) is 0.190. The summed E-state index contributed by atoms with van der Waals surface area (Å²) in [6.45, 7) is 3.66. The Morgan fingerprint density at radius 1 is 1.25 bits per heavy atom. The molecule has 0 saturated carbocycles. The molecular weight excluding hydrogens is 384 g/mol. The minimum absolute atomic E-state index is 0.0927. The maximum absolute atomic E-state index is 13.9. The number of nitrogens with zero attached hydrogens (tertiary/aromatic N) is 2. The zero-order valence-electron chi connectivity index (χ0n) is 15.3. The van der Waals surface area contributed by atoms with Crippen molar-refractivity contribution in [3.8, 4) is 0 Å². The van der Waals surface area contributed by atoms with E-state index in [1.807, 2.05) is 37.1 Å². The highest BCUT2D eigenvalue weighted by Gasteiger charge is 2.34. The molecule has 1 aromatic heterocycles. The first-order valence-corrected chi connectivity index (χ1v) is 9.16. The van der Waals surface area contributed by atoms with Gasteiger partial charge in [0.25, 0.3) is 0 Å². The van der Waals surface area contributed by atoms with Gasteiger partial charge in [0.2, 0.25) is 0 Å². The van der Waals surface area contributed by atoms with Gasteiger partial charge in [0.1, 0.15) is 29.2 Å². The lowest BCUT2D eigenvalue weighted by Gasteiger charge is -2.30. The highest BCUT2D eigenvalue weighted by molar-refractivity contribution is 6.30. The number of hydrogen-bond acceptors (Lipinski definition) is 4. The van der Waals surface area contributed by atoms with Gasteiger partial charge in [-0.15, -0.1) is 0 Å². The Bertz CT molecular complexity index is 1010. The zero-order valence-corrected chi connectivity index (χ0v) is 16.1. The normalized spacial score (nSPS) is 18.1. The van der Waals surface area contributed by atoms with Crippen molar-refractivity contribution in [1.29, 1.82) is 0 Å². The molecule has 4 nitrogen and oxygen atoms in total. The summed E-state index contributed by atoms with van der Waals surface area (Å²) in [5.74, 6) is -0.681. The lowest BCUT2D eigenvalue weighted by molar-refractivity contribution is 0.145. The van der Waals surface area contributed by atoms with Gasteiger partial charge in [-0.05, 0) is 49.8 Å². The first kappa shape index (κ1) is 18.5. The molecule has 0 amide bonds. The van der Waals surface area contributed by atoms with Gasteiger partial charge >= 0.3 is 0 Å². The summed E-state index contributed by atoms with van der Waals surface area (Å²) < 4.78 is 33.5. The second-order valence-electron chi connectivity index (χ2n) is 6.66. The van der Waals surface area contributed by atoms with Crippen LogP contribution in [0.15, 0.2) is 60.3 Å². The van der Waals surface area contributed by atoms with Crippen LogP contribution in [-0.4, -0.2) is 16.0 Å². The molecule has 2 aliphatic heterocycles. The maximum atomic E-state index is 13.9. The van der Waals surface area contributed by atoms with Gasteiger partial charge in [0.15, 0.2) is 6.17 Å². The van der Waals surface area contributed by atoms with E-state index in [4.69, 9.17) is 16.3 Å². The number of aromatic nitrogens is 1. The molecular formula is C21H18ClF2N3O. The monoisotopic (exact) mass is 401 g/mol. The second kappa shape index (κ2) is 7.28. The van der Waals surface area contributed by atoms with Crippen molar-refractivity contribution in [3.05, 3.63) is 93.7 Å². The summed E-state index contributed by atoms with van der Waals surface area (Å²) in [6.07, 6.45) is 6.96. The SMILES string of the molecule is CC1=C(c2cnc(Cl)c(C)c2)N2C=CC=C(OCc3c(F)cccc3F)C2N1. The summed E-state index contributed by atoms with van der Waals surface area (Å²) in [4.78, 5) is 6.24. The number of fused-ring (bicyclic) bond motifs is 1. The molecule has 0 fully saturated rings. The van der Waals surface area contributed by atoms with E-state index in [0.717, 1.165) is 22.5 Å². The van der Waals surface area contributed by atoms with Crippen molar-refractivity contribution in [2.45, 2.75) is 26.6 Å². The minimum Gasteiger partial charge on any atom is -0.489 e. The van der Waals surface area contributed by atoms with Crippen LogP contribution in [0.25, 0.3) is 5.70 Å². The van der Waals surface area contributed by atoms with E-state index in [1.54, 1.807) is 12.3 Å². The van der Waals surface area contributed by atoms with Crippen LogP contribution in [-0.2, 0) is 11.3 Å². The number of pyridine rings is 1. The van der Waals surface area contributed by atoms with Crippen molar-refractivity contribution < 1.29 is 13.5 Å². The topological polar surface area (TPSA) is 37.4 Å². The predicted molar refractivity (Wildman–Crippen MR) is 104 cm³/mol. The van der Waals surface area contributed by atoms with Gasteiger partial charge in [-0.25, -0.2) is 13.8 Å². The van der Waals surface area contributed by atoms with Crippen molar-refractivity contribution in [2.75, 3.05) is 0 Å². The van der Waals surface area contributed by atoms with Gasteiger partial charge in [-0.3, -0.25) is 0 Å². The molecule has 3 heterocycles. The smallest absolute Gasteiger partial charge is 0.162 e. The van der Waals surface area contributed by atoms with Crippen LogP contribution >= 0.6 is 11.6 Å². The van der Waals surface area contributed by atoms with Gasteiger partial charge in [-0.2, -0.15) is 0 Å². The molecule has 144 valence electrons. The lowest BCUT2D eigenvalue weighted by Crippen LogP contribution is -2.38. The summed E-state index contributed by atoms with van der Waals surface area (Å²) in [6, 6.07) is 5.74. The van der Waals surface area contributed by atoms with Crippen LogP contribution < -0.4 is 5.32 Å². The Hall–Kier alpha value is -2.86. The van der Waals surface area contributed by atoms with E-state index in [1.165, 1.54) is 18.2 Å². The van der Waals surface area contributed by atoms with Crippen molar-refractivity contribution >= 4 is 17.3 Å². The number of ether oxygens (including phenoxy) is 1. The Labute approximate surface area is 166 Å². The molecule has 1 N–H and O–H groups in total. The fourth-order valence-corrected chi connectivity index (χ4v) is 3.47. The van der Waals surface area contributed by atoms with E-state index in [9.17, 15) is 8.78 Å². The highest BCUT2D eigenvalue weighted by Crippen LogP contribution is 2.35. The summed E-state index contributed by atoms with van der Waals surface area (Å²) in [5, 5.41) is 3.83. The van der Waals surface area contributed by atoms with Crippen LogP contribution in [0.2, 0.25) is 5.15 Å². The predicted octanol–water partition coefficient (Wildman–Crippen LogP) is 4.87. The van der Waals surface area contributed by atoms with Gasteiger partial charge in [0, 0.05) is 23.7 Å². The van der Waals surface area contributed by atoms with E-state index < -0.39 is 11.6 Å². The number of rotatable bonds is 4. The molecule has 0 spiro atoms. The molecule has 1 atom stereocenters. The molecule has 1 aromatic carbocycles. The Kier molecular flexibility index (Phi) is 4.81. The number of benzene rings is 1. The third-order valence-corrected chi connectivity index (χ3v) is 5.15. The van der Waals surface area contributed by atoms with Crippen LogP contribution in [0.4, 0.5) is 8.78 Å². The lowest BCUT2D eigenvalue weighted by atomic mass is 10.1. The number of halogens is 3. The average Bonchev–Trinajstić information content (AvgIpc) is 3.00. The van der Waals surface area contributed by atoms with Crippen LogP contribution in [0, 0.1) is 18.6 Å². The highest BCUT2D eigenvalue weighted by atomic mass is 35.5. The first-order chi connectivity index (χ1) is 13.5. The van der Waals surface area contributed by atoms with Gasteiger partial charge in [-0.1, -0.05) is 17.7 Å². The van der Waals surface area contributed by atoms with Crippen LogP contribution in [0.1, 0.15) is 23.6 Å². The molecule has 1 unspecified atom stereocenters. The standard InChI is InChI=1S/C21H18ClF2N3O/c1-12-9-14(10-25-20(12)22)19-13(2)26-21-18(7-4-8-27(19)21)28-11-15-16(23)5-3-6-17(15)24/h3-10,21,26H,11H2,1-2H3. The maximum Gasteiger partial charge on any atom is 0.162 e. The molecule has 0 bridgehead atoms. The van der Waals surface area contributed by atoms with E-state index in [-0.39, 0.29) is 18.3 Å². The Morgan fingerprint density at radius 2 is 2.00 bits per heavy atom. The molecule has 4 rings (SSSR count). The quantitative estimate of drug-likeness (QED) is 0.742. The number of allylic oxidation sites excluding steroid dienone is 3. The molecule has 0 aliphatic carbocycles. The number of aryl methyl sites for hydroxylation is 1. The largest absolute Gasteiger partial charge is 0.489 e. The summed E-state index contributed by atoms with van der Waals surface area (Å²) >= 11 is 6.05. The van der Waals surface area contributed by atoms with Crippen molar-refractivity contribution in [3.63, 3.8) is 0 Å². The van der Waals surface area contributed by atoms with Crippen molar-refractivity contribution in [2.24, 2.45) is 0 Å². The molecule has 0 radical (unpaired) electrons. The third-order valence-electron chi connectivity index (χ3n) is 4.75. The molecule has 7 heteroatoms. The molecule has 2 aliphatic rings.